The number of rotatable bonds is 5. The molecule has 1 aromatic carbocycles. The Bertz CT molecular complexity index is 790. The molecule has 6 heteroatoms. The van der Waals surface area contributed by atoms with E-state index in [4.69, 9.17) is 19.4 Å². The van der Waals surface area contributed by atoms with Crippen LogP contribution in [-0.2, 0) is 19.5 Å². The molecule has 27 heavy (non-hydrogen) atoms. The average molecular weight is 368 g/mol. The number of nitrogens with one attached hydrogen (secondary N) is 1. The van der Waals surface area contributed by atoms with Gasteiger partial charge in [-0.25, -0.2) is 9.97 Å². The number of nitrogens with zero attached hydrogens (tertiary/aromatic N) is 3. The smallest absolute Gasteiger partial charge is 0.161 e. The molecule has 1 fully saturated rings. The van der Waals surface area contributed by atoms with Crippen molar-refractivity contribution < 1.29 is 9.47 Å². The molecule has 2 aromatic rings. The Labute approximate surface area is 160 Å². The zero-order valence-electron chi connectivity index (χ0n) is 16.2. The van der Waals surface area contributed by atoms with E-state index >= 15 is 0 Å². The summed E-state index contributed by atoms with van der Waals surface area (Å²) in [6, 6.07) is 6.14. The molecule has 0 radical (unpaired) electrons. The Morgan fingerprint density at radius 3 is 2.89 bits per heavy atom. The van der Waals surface area contributed by atoms with E-state index in [2.05, 4.69) is 22.3 Å². The molecule has 4 rings (SSSR count). The molecule has 1 unspecified atom stereocenters. The van der Waals surface area contributed by atoms with Crippen LogP contribution in [0.25, 0.3) is 0 Å². The first-order valence-corrected chi connectivity index (χ1v) is 9.75. The van der Waals surface area contributed by atoms with Gasteiger partial charge in [0.25, 0.3) is 0 Å². The lowest BCUT2D eigenvalue weighted by Crippen LogP contribution is -2.32. The van der Waals surface area contributed by atoms with Gasteiger partial charge in [-0.05, 0) is 37.1 Å². The Morgan fingerprint density at radius 1 is 1.22 bits per heavy atom. The second kappa shape index (κ2) is 8.23. The van der Waals surface area contributed by atoms with E-state index in [1.165, 1.54) is 29.7 Å². The molecular weight excluding hydrogens is 340 g/mol. The third-order valence-electron chi connectivity index (χ3n) is 5.55. The van der Waals surface area contributed by atoms with E-state index < -0.39 is 0 Å². The van der Waals surface area contributed by atoms with Crippen molar-refractivity contribution in [2.75, 3.05) is 33.9 Å². The van der Waals surface area contributed by atoms with Gasteiger partial charge in [0.15, 0.2) is 11.5 Å². The molecule has 0 amide bonds. The van der Waals surface area contributed by atoms with Crippen LogP contribution in [0.4, 0.5) is 0 Å². The molecule has 1 aromatic heterocycles. The summed E-state index contributed by atoms with van der Waals surface area (Å²) in [5.41, 5.74) is 3.71. The van der Waals surface area contributed by atoms with Crippen molar-refractivity contribution >= 4 is 0 Å². The minimum atomic E-state index is 0.467. The molecule has 0 spiro atoms. The highest BCUT2D eigenvalue weighted by molar-refractivity contribution is 5.42. The second-order valence-corrected chi connectivity index (χ2v) is 7.39. The number of fused-ring (bicyclic) bond motifs is 1. The minimum Gasteiger partial charge on any atom is -0.493 e. The summed E-state index contributed by atoms with van der Waals surface area (Å²) in [6.07, 6.45) is 5.44. The molecule has 2 aliphatic heterocycles. The van der Waals surface area contributed by atoms with Gasteiger partial charge in [0.2, 0.25) is 0 Å². The van der Waals surface area contributed by atoms with Gasteiger partial charge < -0.3 is 14.8 Å². The van der Waals surface area contributed by atoms with Crippen molar-refractivity contribution in [3.8, 4) is 11.5 Å². The van der Waals surface area contributed by atoms with Gasteiger partial charge in [-0.2, -0.15) is 0 Å². The molecule has 0 bridgehead atoms. The Balaban J connectivity index is 1.44. The summed E-state index contributed by atoms with van der Waals surface area (Å²) in [7, 11) is 3.34. The molecule has 1 atom stereocenters. The van der Waals surface area contributed by atoms with Crippen LogP contribution < -0.4 is 14.8 Å². The predicted octanol–water partition coefficient (Wildman–Crippen LogP) is 2.52. The zero-order chi connectivity index (χ0) is 18.6. The van der Waals surface area contributed by atoms with Crippen molar-refractivity contribution in [3.05, 3.63) is 47.0 Å². The number of hydrogen-bond acceptors (Lipinski definition) is 6. The van der Waals surface area contributed by atoms with Gasteiger partial charge in [0.1, 0.15) is 5.82 Å². The van der Waals surface area contributed by atoms with Gasteiger partial charge in [-0.1, -0.05) is 6.07 Å². The van der Waals surface area contributed by atoms with Crippen molar-refractivity contribution in [2.45, 2.75) is 38.3 Å². The van der Waals surface area contributed by atoms with Crippen LogP contribution in [0.2, 0.25) is 0 Å². The summed E-state index contributed by atoms with van der Waals surface area (Å²) in [4.78, 5) is 12.0. The fraction of sp³-hybridized carbons (Fsp3) is 0.524. The number of benzene rings is 1. The van der Waals surface area contributed by atoms with Gasteiger partial charge in [0.05, 0.1) is 14.2 Å². The molecule has 3 heterocycles. The predicted molar refractivity (Wildman–Crippen MR) is 104 cm³/mol. The SMILES string of the molecule is COc1ccc(CN2CCc3nc(C4CCCNC4)ncc3C2)cc1OC. The van der Waals surface area contributed by atoms with Crippen LogP contribution in [0.15, 0.2) is 24.4 Å². The number of methoxy groups -OCH3 is 2. The summed E-state index contributed by atoms with van der Waals surface area (Å²) in [5, 5.41) is 3.46. The molecule has 1 N–H and O–H groups in total. The highest BCUT2D eigenvalue weighted by Crippen LogP contribution is 2.29. The van der Waals surface area contributed by atoms with Gasteiger partial charge in [-0.3, -0.25) is 4.90 Å². The zero-order valence-corrected chi connectivity index (χ0v) is 16.2. The third kappa shape index (κ3) is 4.06. The number of ether oxygens (including phenoxy) is 2. The van der Waals surface area contributed by atoms with Gasteiger partial charge in [-0.15, -0.1) is 0 Å². The maximum absolute atomic E-state index is 5.42. The van der Waals surface area contributed by atoms with E-state index in [-0.39, 0.29) is 0 Å². The lowest BCUT2D eigenvalue weighted by molar-refractivity contribution is 0.241. The normalized spacial score (nSPS) is 20.1. The highest BCUT2D eigenvalue weighted by atomic mass is 16.5. The maximum atomic E-state index is 5.42. The number of piperidine rings is 1. The largest absolute Gasteiger partial charge is 0.493 e. The van der Waals surface area contributed by atoms with Crippen molar-refractivity contribution in [1.82, 2.24) is 20.2 Å². The summed E-state index contributed by atoms with van der Waals surface area (Å²) in [5.74, 6) is 3.04. The van der Waals surface area contributed by atoms with E-state index in [1.807, 2.05) is 12.3 Å². The molecule has 0 aliphatic carbocycles. The third-order valence-corrected chi connectivity index (χ3v) is 5.55. The van der Waals surface area contributed by atoms with Crippen LogP contribution in [0.3, 0.4) is 0 Å². The lowest BCUT2D eigenvalue weighted by Gasteiger charge is -2.29. The van der Waals surface area contributed by atoms with Crippen LogP contribution >= 0.6 is 0 Å². The monoisotopic (exact) mass is 368 g/mol. The average Bonchev–Trinajstić information content (AvgIpc) is 2.74. The van der Waals surface area contributed by atoms with Crippen LogP contribution in [0, 0.1) is 0 Å². The molecule has 6 nitrogen and oxygen atoms in total. The van der Waals surface area contributed by atoms with Crippen LogP contribution in [0.1, 0.15) is 41.4 Å². The first kappa shape index (κ1) is 18.2. The van der Waals surface area contributed by atoms with Crippen molar-refractivity contribution in [1.29, 1.82) is 0 Å². The summed E-state index contributed by atoms with van der Waals surface area (Å²) < 4.78 is 10.8. The van der Waals surface area contributed by atoms with Crippen molar-refractivity contribution in [2.24, 2.45) is 0 Å². The van der Waals surface area contributed by atoms with Gasteiger partial charge in [0, 0.05) is 56.0 Å². The van der Waals surface area contributed by atoms with Gasteiger partial charge >= 0.3 is 0 Å². The Hall–Kier alpha value is -2.18. The quantitative estimate of drug-likeness (QED) is 0.875. The van der Waals surface area contributed by atoms with Crippen LogP contribution in [-0.4, -0.2) is 48.7 Å². The molecule has 144 valence electrons. The molecular formula is C21H28N4O2. The fourth-order valence-corrected chi connectivity index (χ4v) is 4.03. The first-order chi connectivity index (χ1) is 13.3. The van der Waals surface area contributed by atoms with E-state index in [9.17, 15) is 0 Å². The second-order valence-electron chi connectivity index (χ2n) is 7.39. The summed E-state index contributed by atoms with van der Waals surface area (Å²) in [6.45, 7) is 4.92. The fourth-order valence-electron chi connectivity index (χ4n) is 4.03. The standard InChI is InChI=1S/C21H28N4O2/c1-26-19-6-5-15(10-20(19)27-2)13-25-9-7-18-17(14-25)12-23-21(24-18)16-4-3-8-22-11-16/h5-6,10,12,16,22H,3-4,7-9,11,13-14H2,1-2H3. The van der Waals surface area contributed by atoms with Crippen molar-refractivity contribution in [3.63, 3.8) is 0 Å². The minimum absolute atomic E-state index is 0.467. The highest BCUT2D eigenvalue weighted by Gasteiger charge is 2.22. The maximum Gasteiger partial charge on any atom is 0.161 e. The molecule has 1 saturated heterocycles. The number of hydrogen-bond donors (Lipinski definition) is 1. The van der Waals surface area contributed by atoms with E-state index in [0.29, 0.717) is 5.92 Å². The topological polar surface area (TPSA) is 59.5 Å². The Morgan fingerprint density at radius 2 is 2.11 bits per heavy atom. The first-order valence-electron chi connectivity index (χ1n) is 9.75. The van der Waals surface area contributed by atoms with E-state index in [0.717, 1.165) is 56.5 Å². The van der Waals surface area contributed by atoms with Crippen LogP contribution in [0.5, 0.6) is 11.5 Å². The Kier molecular flexibility index (Phi) is 5.55. The summed E-state index contributed by atoms with van der Waals surface area (Å²) >= 11 is 0. The number of aromatic nitrogens is 2. The lowest BCUT2D eigenvalue weighted by atomic mass is 9.98. The molecule has 2 aliphatic rings. The molecule has 0 saturated carbocycles. The van der Waals surface area contributed by atoms with E-state index in [1.54, 1.807) is 14.2 Å².